The molecule has 2 saturated heterocycles. The molecule has 2 aliphatic rings. The Morgan fingerprint density at radius 1 is 1.04 bits per heavy atom. The van der Waals surface area contributed by atoms with Crippen molar-refractivity contribution in [1.82, 2.24) is 20.0 Å². The first-order valence-electron chi connectivity index (χ1n) is 9.18. The highest BCUT2D eigenvalue weighted by Crippen LogP contribution is 2.12. The molecule has 1 amide bonds. The van der Waals surface area contributed by atoms with E-state index in [-0.39, 0.29) is 24.8 Å². The number of likely N-dealkylation sites (N-methyl/N-ethyl adjacent to an activating group) is 1. The fourth-order valence-corrected chi connectivity index (χ4v) is 3.68. The number of piperidine rings is 1. The Bertz CT molecular complexity index is 524. The van der Waals surface area contributed by atoms with Gasteiger partial charge in [0.05, 0.1) is 6.54 Å². The van der Waals surface area contributed by atoms with Gasteiger partial charge in [-0.05, 0) is 25.5 Å². The zero-order valence-electron chi connectivity index (χ0n) is 15.6. The summed E-state index contributed by atoms with van der Waals surface area (Å²) in [6, 6.07) is 11.1. The molecule has 1 atom stereocenters. The molecule has 1 aromatic carbocycles. The van der Waals surface area contributed by atoms with E-state index in [4.69, 9.17) is 0 Å². The average Bonchev–Trinajstić information content (AvgIpc) is 2.64. The first kappa shape index (κ1) is 23.2. The first-order valence-corrected chi connectivity index (χ1v) is 9.18. The predicted octanol–water partition coefficient (Wildman–Crippen LogP) is 1.86. The van der Waals surface area contributed by atoms with Crippen LogP contribution in [0.15, 0.2) is 30.3 Å². The molecule has 1 N–H and O–H groups in total. The number of hydrogen-bond donors (Lipinski definition) is 1. The number of nitrogens with one attached hydrogen (secondary N) is 1. The zero-order valence-corrected chi connectivity index (χ0v) is 17.2. The molecular weight excluding hydrogens is 371 g/mol. The van der Waals surface area contributed by atoms with Crippen LogP contribution in [0.2, 0.25) is 0 Å². The molecule has 2 aliphatic heterocycles. The molecule has 7 heteroatoms. The van der Waals surface area contributed by atoms with E-state index in [1.165, 1.54) is 12.0 Å². The lowest BCUT2D eigenvalue weighted by Crippen LogP contribution is -2.52. The van der Waals surface area contributed by atoms with Gasteiger partial charge in [0.1, 0.15) is 0 Å². The smallest absolute Gasteiger partial charge is 0.236 e. The van der Waals surface area contributed by atoms with Gasteiger partial charge in [-0.3, -0.25) is 14.6 Å². The fraction of sp³-hybridized carbons (Fsp3) is 0.632. The van der Waals surface area contributed by atoms with E-state index in [9.17, 15) is 4.79 Å². The van der Waals surface area contributed by atoms with Gasteiger partial charge in [0.2, 0.25) is 5.91 Å². The second kappa shape index (κ2) is 11.8. The standard InChI is InChI=1S/C19H30N4O.2ClH/c1-20-18-8-5-9-23(15-18)19(24)16-22-12-10-21(11-13-22)14-17-6-3-2-4-7-17;;/h2-4,6-7,18,20H,5,8-16H2,1H3;2*1H. The van der Waals surface area contributed by atoms with Crippen LogP contribution in [0.4, 0.5) is 0 Å². The maximum absolute atomic E-state index is 12.5. The number of rotatable bonds is 5. The molecule has 0 saturated carbocycles. The second-order valence-electron chi connectivity index (χ2n) is 7.01. The van der Waals surface area contributed by atoms with Crippen molar-refractivity contribution in [3.8, 4) is 0 Å². The molecule has 0 spiro atoms. The summed E-state index contributed by atoms with van der Waals surface area (Å²) in [6.07, 6.45) is 2.29. The van der Waals surface area contributed by atoms with Crippen molar-refractivity contribution in [1.29, 1.82) is 0 Å². The number of piperazine rings is 1. The van der Waals surface area contributed by atoms with Gasteiger partial charge in [0.25, 0.3) is 0 Å². The number of hydrogen-bond acceptors (Lipinski definition) is 4. The lowest BCUT2D eigenvalue weighted by molar-refractivity contribution is -0.134. The number of halogens is 2. The van der Waals surface area contributed by atoms with Crippen LogP contribution in [-0.2, 0) is 11.3 Å². The summed E-state index contributed by atoms with van der Waals surface area (Å²) in [5.74, 6) is 0.298. The molecule has 0 radical (unpaired) electrons. The molecule has 148 valence electrons. The van der Waals surface area contributed by atoms with Crippen molar-refractivity contribution >= 4 is 30.7 Å². The summed E-state index contributed by atoms with van der Waals surface area (Å²) in [5.41, 5.74) is 1.37. The molecule has 0 bridgehead atoms. The minimum absolute atomic E-state index is 0. The molecule has 5 nitrogen and oxygen atoms in total. The number of nitrogens with zero attached hydrogens (tertiary/aromatic N) is 3. The van der Waals surface area contributed by atoms with Gasteiger partial charge in [-0.2, -0.15) is 0 Å². The van der Waals surface area contributed by atoms with Crippen molar-refractivity contribution < 1.29 is 4.79 Å². The third-order valence-corrected chi connectivity index (χ3v) is 5.26. The highest BCUT2D eigenvalue weighted by atomic mass is 35.5. The summed E-state index contributed by atoms with van der Waals surface area (Å²) in [7, 11) is 1.99. The number of carbonyl (C=O) groups is 1. The Morgan fingerprint density at radius 2 is 1.69 bits per heavy atom. The number of likely N-dealkylation sites (tertiary alicyclic amines) is 1. The van der Waals surface area contributed by atoms with Gasteiger partial charge >= 0.3 is 0 Å². The van der Waals surface area contributed by atoms with Crippen LogP contribution in [0.25, 0.3) is 0 Å². The minimum atomic E-state index is 0. The van der Waals surface area contributed by atoms with E-state index >= 15 is 0 Å². The molecule has 3 rings (SSSR count). The van der Waals surface area contributed by atoms with E-state index in [0.717, 1.165) is 52.2 Å². The molecule has 0 aliphatic carbocycles. The maximum atomic E-state index is 12.5. The lowest BCUT2D eigenvalue weighted by atomic mass is 10.1. The van der Waals surface area contributed by atoms with Crippen molar-refractivity contribution in [2.75, 3.05) is 52.9 Å². The van der Waals surface area contributed by atoms with Crippen molar-refractivity contribution in [2.45, 2.75) is 25.4 Å². The number of carbonyl (C=O) groups excluding carboxylic acids is 1. The Kier molecular flexibility index (Phi) is 10.5. The molecule has 26 heavy (non-hydrogen) atoms. The minimum Gasteiger partial charge on any atom is -0.340 e. The van der Waals surface area contributed by atoms with Gasteiger partial charge in [-0.15, -0.1) is 24.8 Å². The Morgan fingerprint density at radius 3 is 2.35 bits per heavy atom. The zero-order chi connectivity index (χ0) is 16.8. The summed E-state index contributed by atoms with van der Waals surface area (Å²) < 4.78 is 0. The Labute approximate surface area is 169 Å². The predicted molar refractivity (Wildman–Crippen MR) is 111 cm³/mol. The Hall–Kier alpha value is -0.850. The molecule has 0 aromatic heterocycles. The van der Waals surface area contributed by atoms with Crippen LogP contribution in [0.5, 0.6) is 0 Å². The van der Waals surface area contributed by atoms with Gasteiger partial charge in [0.15, 0.2) is 0 Å². The van der Waals surface area contributed by atoms with Crippen LogP contribution in [-0.4, -0.2) is 79.5 Å². The van der Waals surface area contributed by atoms with E-state index in [0.29, 0.717) is 18.5 Å². The molecule has 1 aromatic rings. The number of amides is 1. The lowest BCUT2D eigenvalue weighted by Gasteiger charge is -2.37. The van der Waals surface area contributed by atoms with Crippen molar-refractivity contribution in [2.24, 2.45) is 0 Å². The summed E-state index contributed by atoms with van der Waals surface area (Å²) in [5, 5.41) is 3.31. The van der Waals surface area contributed by atoms with Crippen LogP contribution in [0, 0.1) is 0 Å². The first-order chi connectivity index (χ1) is 11.7. The molecule has 1 unspecified atom stereocenters. The van der Waals surface area contributed by atoms with Crippen LogP contribution < -0.4 is 5.32 Å². The van der Waals surface area contributed by atoms with E-state index in [2.05, 4.69) is 45.4 Å². The SMILES string of the molecule is CNC1CCCN(C(=O)CN2CCN(Cc3ccccc3)CC2)C1.Cl.Cl. The van der Waals surface area contributed by atoms with Crippen LogP contribution in [0.3, 0.4) is 0 Å². The molecule has 2 heterocycles. The van der Waals surface area contributed by atoms with Gasteiger partial charge in [0, 0.05) is 51.9 Å². The average molecular weight is 403 g/mol. The fourth-order valence-electron chi connectivity index (χ4n) is 3.68. The summed E-state index contributed by atoms with van der Waals surface area (Å²) in [4.78, 5) is 19.4. The van der Waals surface area contributed by atoms with Crippen LogP contribution >= 0.6 is 24.8 Å². The van der Waals surface area contributed by atoms with Gasteiger partial charge < -0.3 is 10.2 Å². The van der Waals surface area contributed by atoms with E-state index in [1.807, 2.05) is 11.9 Å². The highest BCUT2D eigenvalue weighted by Gasteiger charge is 2.25. The van der Waals surface area contributed by atoms with E-state index < -0.39 is 0 Å². The second-order valence-corrected chi connectivity index (χ2v) is 7.01. The summed E-state index contributed by atoms with van der Waals surface area (Å²) in [6.45, 7) is 7.44. The van der Waals surface area contributed by atoms with Gasteiger partial charge in [-0.1, -0.05) is 30.3 Å². The van der Waals surface area contributed by atoms with Gasteiger partial charge in [-0.25, -0.2) is 0 Å². The summed E-state index contributed by atoms with van der Waals surface area (Å²) >= 11 is 0. The Balaban J connectivity index is 0.00000169. The third kappa shape index (κ3) is 6.71. The molecular formula is C19H32Cl2N4O. The van der Waals surface area contributed by atoms with E-state index in [1.54, 1.807) is 0 Å². The number of benzene rings is 1. The quantitative estimate of drug-likeness (QED) is 0.815. The van der Waals surface area contributed by atoms with Crippen molar-refractivity contribution in [3.05, 3.63) is 35.9 Å². The maximum Gasteiger partial charge on any atom is 0.236 e. The topological polar surface area (TPSA) is 38.8 Å². The van der Waals surface area contributed by atoms with Crippen molar-refractivity contribution in [3.63, 3.8) is 0 Å². The van der Waals surface area contributed by atoms with Crippen LogP contribution in [0.1, 0.15) is 18.4 Å². The normalized spacial score (nSPS) is 21.6. The third-order valence-electron chi connectivity index (χ3n) is 5.26. The molecule has 2 fully saturated rings. The monoisotopic (exact) mass is 402 g/mol. The largest absolute Gasteiger partial charge is 0.340 e. The highest BCUT2D eigenvalue weighted by molar-refractivity contribution is 5.85.